The number of hydrogen-bond donors (Lipinski definition) is 1. The summed E-state index contributed by atoms with van der Waals surface area (Å²) in [4.78, 5) is 11.0. The fourth-order valence-electron chi connectivity index (χ4n) is 0.853. The maximum atomic E-state index is 11.0. The van der Waals surface area contributed by atoms with E-state index < -0.39 is 12.1 Å². The van der Waals surface area contributed by atoms with Crippen molar-refractivity contribution in [3.8, 4) is 0 Å². The number of aliphatic hydroxyl groups excluding tert-OH is 1. The van der Waals surface area contributed by atoms with Crippen LogP contribution in [0.25, 0.3) is 0 Å². The van der Waals surface area contributed by atoms with Crippen LogP contribution in [0.2, 0.25) is 0 Å². The van der Waals surface area contributed by atoms with E-state index in [1.807, 2.05) is 0 Å². The van der Waals surface area contributed by atoms with Gasteiger partial charge in [-0.15, -0.1) is 0 Å². The van der Waals surface area contributed by atoms with E-state index in [2.05, 4.69) is 6.58 Å². The molecule has 0 aromatic rings. The molecule has 1 heterocycles. The SMILES string of the molecule is C=C(C)C(=O)OCC(CO)OCC1CO1. The molecule has 5 nitrogen and oxygen atoms in total. The molecule has 1 saturated heterocycles. The zero-order valence-corrected chi connectivity index (χ0v) is 8.77. The smallest absolute Gasteiger partial charge is 0.333 e. The Bertz CT molecular complexity index is 234. The zero-order valence-electron chi connectivity index (χ0n) is 8.77. The van der Waals surface area contributed by atoms with Gasteiger partial charge in [0.15, 0.2) is 0 Å². The van der Waals surface area contributed by atoms with Crippen molar-refractivity contribution in [2.24, 2.45) is 0 Å². The molecular formula is C10H16O5. The number of hydrogen-bond acceptors (Lipinski definition) is 5. The monoisotopic (exact) mass is 216 g/mol. The van der Waals surface area contributed by atoms with Gasteiger partial charge in [-0.3, -0.25) is 0 Å². The van der Waals surface area contributed by atoms with Crippen molar-refractivity contribution in [1.29, 1.82) is 0 Å². The Morgan fingerprint density at radius 3 is 2.87 bits per heavy atom. The highest BCUT2D eigenvalue weighted by Gasteiger charge is 2.24. The number of ether oxygens (including phenoxy) is 3. The third kappa shape index (κ3) is 4.92. The molecule has 1 aliphatic heterocycles. The van der Waals surface area contributed by atoms with Gasteiger partial charge in [0.1, 0.15) is 18.8 Å². The second-order valence-electron chi connectivity index (χ2n) is 3.47. The summed E-state index contributed by atoms with van der Waals surface area (Å²) in [5, 5.41) is 8.93. The van der Waals surface area contributed by atoms with Crippen molar-refractivity contribution in [2.75, 3.05) is 26.4 Å². The molecule has 15 heavy (non-hydrogen) atoms. The first kappa shape index (κ1) is 12.2. The van der Waals surface area contributed by atoms with Crippen molar-refractivity contribution in [2.45, 2.75) is 19.1 Å². The number of aliphatic hydroxyl groups is 1. The molecule has 2 unspecified atom stereocenters. The predicted molar refractivity (Wildman–Crippen MR) is 52.3 cm³/mol. The topological polar surface area (TPSA) is 68.3 Å². The summed E-state index contributed by atoms with van der Waals surface area (Å²) < 4.78 is 15.0. The molecule has 0 aromatic heterocycles. The van der Waals surface area contributed by atoms with Gasteiger partial charge in [-0.25, -0.2) is 4.79 Å². The van der Waals surface area contributed by atoms with Gasteiger partial charge in [0.05, 0.1) is 19.8 Å². The van der Waals surface area contributed by atoms with Crippen LogP contribution >= 0.6 is 0 Å². The number of epoxide rings is 1. The van der Waals surface area contributed by atoms with Crippen LogP contribution in [0.3, 0.4) is 0 Å². The van der Waals surface area contributed by atoms with Gasteiger partial charge < -0.3 is 19.3 Å². The van der Waals surface area contributed by atoms with Crippen molar-refractivity contribution in [3.63, 3.8) is 0 Å². The molecule has 0 bridgehead atoms. The Labute approximate surface area is 88.6 Å². The van der Waals surface area contributed by atoms with E-state index in [4.69, 9.17) is 19.3 Å². The first-order valence-corrected chi connectivity index (χ1v) is 4.80. The van der Waals surface area contributed by atoms with Crippen molar-refractivity contribution in [1.82, 2.24) is 0 Å². The molecule has 0 spiro atoms. The van der Waals surface area contributed by atoms with Crippen LogP contribution in [0.1, 0.15) is 6.92 Å². The minimum Gasteiger partial charge on any atom is -0.459 e. The Kier molecular flexibility index (Phi) is 4.74. The molecule has 5 heteroatoms. The van der Waals surface area contributed by atoms with Crippen molar-refractivity contribution in [3.05, 3.63) is 12.2 Å². The average molecular weight is 216 g/mol. The van der Waals surface area contributed by atoms with E-state index in [1.54, 1.807) is 6.92 Å². The molecule has 1 fully saturated rings. The lowest BCUT2D eigenvalue weighted by Crippen LogP contribution is -2.27. The van der Waals surface area contributed by atoms with Crippen LogP contribution in [0.5, 0.6) is 0 Å². The van der Waals surface area contributed by atoms with Gasteiger partial charge in [0, 0.05) is 5.57 Å². The number of carbonyl (C=O) groups excluding carboxylic acids is 1. The summed E-state index contributed by atoms with van der Waals surface area (Å²) in [7, 11) is 0. The van der Waals surface area contributed by atoms with E-state index >= 15 is 0 Å². The lowest BCUT2D eigenvalue weighted by molar-refractivity contribution is -0.144. The standard InChI is InChI=1S/C10H16O5/c1-7(2)10(12)15-4-8(3-11)13-5-9-6-14-9/h8-9,11H,1,3-6H2,2H3. The molecule has 2 atom stereocenters. The van der Waals surface area contributed by atoms with Gasteiger partial charge in [-0.2, -0.15) is 0 Å². The van der Waals surface area contributed by atoms with Crippen molar-refractivity contribution < 1.29 is 24.1 Å². The third-order valence-electron chi connectivity index (χ3n) is 1.87. The minimum atomic E-state index is -0.488. The Morgan fingerprint density at radius 1 is 1.73 bits per heavy atom. The fraction of sp³-hybridized carbons (Fsp3) is 0.700. The molecule has 0 amide bonds. The fourth-order valence-corrected chi connectivity index (χ4v) is 0.853. The quantitative estimate of drug-likeness (QED) is 0.365. The molecule has 0 aromatic carbocycles. The van der Waals surface area contributed by atoms with Crippen LogP contribution in [0.4, 0.5) is 0 Å². The highest BCUT2D eigenvalue weighted by Crippen LogP contribution is 2.10. The highest BCUT2D eigenvalue weighted by atomic mass is 16.6. The lowest BCUT2D eigenvalue weighted by Gasteiger charge is -2.14. The van der Waals surface area contributed by atoms with Gasteiger partial charge >= 0.3 is 5.97 Å². The molecule has 1 rings (SSSR count). The van der Waals surface area contributed by atoms with Crippen LogP contribution < -0.4 is 0 Å². The zero-order chi connectivity index (χ0) is 11.3. The predicted octanol–water partition coefficient (Wildman–Crippen LogP) is -0.118. The summed E-state index contributed by atoms with van der Waals surface area (Å²) in [5.74, 6) is -0.472. The third-order valence-corrected chi connectivity index (χ3v) is 1.87. The summed E-state index contributed by atoms with van der Waals surface area (Å²) >= 11 is 0. The Balaban J connectivity index is 2.14. The number of carbonyl (C=O) groups is 1. The van der Waals surface area contributed by atoms with Gasteiger partial charge in [0.2, 0.25) is 0 Å². The van der Waals surface area contributed by atoms with Crippen LogP contribution in [0.15, 0.2) is 12.2 Å². The second kappa shape index (κ2) is 5.85. The Morgan fingerprint density at radius 2 is 2.40 bits per heavy atom. The lowest BCUT2D eigenvalue weighted by atomic mass is 10.3. The molecule has 86 valence electrons. The number of esters is 1. The van der Waals surface area contributed by atoms with Gasteiger partial charge in [0.25, 0.3) is 0 Å². The second-order valence-corrected chi connectivity index (χ2v) is 3.47. The largest absolute Gasteiger partial charge is 0.459 e. The van der Waals surface area contributed by atoms with E-state index in [1.165, 1.54) is 0 Å². The highest BCUT2D eigenvalue weighted by molar-refractivity contribution is 5.86. The van der Waals surface area contributed by atoms with E-state index in [9.17, 15) is 4.79 Å². The van der Waals surface area contributed by atoms with Crippen LogP contribution in [0, 0.1) is 0 Å². The van der Waals surface area contributed by atoms with Crippen LogP contribution in [-0.2, 0) is 19.0 Å². The molecule has 0 aliphatic carbocycles. The first-order valence-electron chi connectivity index (χ1n) is 4.80. The van der Waals surface area contributed by atoms with E-state index in [-0.39, 0.29) is 19.3 Å². The molecule has 0 saturated carbocycles. The number of rotatable bonds is 7. The van der Waals surface area contributed by atoms with E-state index in [0.717, 1.165) is 0 Å². The Hall–Kier alpha value is -0.910. The van der Waals surface area contributed by atoms with Gasteiger partial charge in [-0.1, -0.05) is 6.58 Å². The van der Waals surface area contributed by atoms with Crippen LogP contribution in [-0.4, -0.2) is 49.7 Å². The maximum Gasteiger partial charge on any atom is 0.333 e. The molecular weight excluding hydrogens is 200 g/mol. The summed E-state index contributed by atoms with van der Waals surface area (Å²) in [5.41, 5.74) is 0.331. The molecule has 1 N–H and O–H groups in total. The summed E-state index contributed by atoms with van der Waals surface area (Å²) in [6.07, 6.45) is -0.353. The average Bonchev–Trinajstić information content (AvgIpc) is 3.01. The normalized spacial score (nSPS) is 20.8. The van der Waals surface area contributed by atoms with E-state index in [0.29, 0.717) is 18.8 Å². The summed E-state index contributed by atoms with van der Waals surface area (Å²) in [6, 6.07) is 0. The summed E-state index contributed by atoms with van der Waals surface area (Å²) in [6.45, 7) is 5.99. The minimum absolute atomic E-state index is 0.0366. The molecule has 0 radical (unpaired) electrons. The first-order chi connectivity index (χ1) is 7.13. The maximum absolute atomic E-state index is 11.0. The van der Waals surface area contributed by atoms with Crippen molar-refractivity contribution >= 4 is 5.97 Å². The van der Waals surface area contributed by atoms with Gasteiger partial charge in [-0.05, 0) is 6.92 Å². The molecule has 1 aliphatic rings.